The smallest absolute Gasteiger partial charge is 0.345 e. The predicted octanol–water partition coefficient (Wildman–Crippen LogP) is 1.85. The predicted molar refractivity (Wildman–Crippen MR) is 58.3 cm³/mol. The fourth-order valence-electron chi connectivity index (χ4n) is 1.04. The highest BCUT2D eigenvalue weighted by atomic mass is 16.6. The van der Waals surface area contributed by atoms with Gasteiger partial charge in [0.25, 0.3) is 5.69 Å². The third kappa shape index (κ3) is 3.53. The second kappa shape index (κ2) is 5.55. The molecule has 0 aliphatic carbocycles. The molecule has 0 bridgehead atoms. The molecular formula is C11H9NO5. The van der Waals surface area contributed by atoms with Gasteiger partial charge in [0.05, 0.1) is 16.9 Å². The summed E-state index contributed by atoms with van der Waals surface area (Å²) < 4.78 is 4.46. The Labute approximate surface area is 96.7 Å². The van der Waals surface area contributed by atoms with Gasteiger partial charge in [0.2, 0.25) is 0 Å². The number of hydrogen-bond acceptors (Lipinski definition) is 5. The molecule has 0 aliphatic heterocycles. The summed E-state index contributed by atoms with van der Waals surface area (Å²) in [5.41, 5.74) is -0.0630. The van der Waals surface area contributed by atoms with Crippen molar-refractivity contribution in [1.29, 1.82) is 0 Å². The number of esters is 2. The van der Waals surface area contributed by atoms with Crippen LogP contribution in [0.3, 0.4) is 0 Å². The van der Waals surface area contributed by atoms with E-state index in [2.05, 4.69) is 11.3 Å². The summed E-state index contributed by atoms with van der Waals surface area (Å²) >= 11 is 0. The first-order valence-electron chi connectivity index (χ1n) is 4.65. The van der Waals surface area contributed by atoms with Gasteiger partial charge in [0, 0.05) is 12.1 Å². The Hall–Kier alpha value is -2.50. The lowest BCUT2D eigenvalue weighted by Crippen LogP contribution is -2.11. The van der Waals surface area contributed by atoms with Gasteiger partial charge in [-0.25, -0.2) is 4.79 Å². The van der Waals surface area contributed by atoms with E-state index in [0.717, 1.165) is 12.1 Å². The van der Waals surface area contributed by atoms with Gasteiger partial charge in [-0.2, -0.15) is 0 Å². The molecule has 0 spiro atoms. The highest BCUT2D eigenvalue weighted by Gasteiger charge is 2.13. The SMILES string of the molecule is C=CCC(=O)OC(=O)c1ccc([N+](=O)[O-])cc1. The molecule has 0 aromatic heterocycles. The first-order chi connectivity index (χ1) is 8.04. The van der Waals surface area contributed by atoms with E-state index in [0.29, 0.717) is 0 Å². The lowest BCUT2D eigenvalue weighted by atomic mass is 10.2. The number of rotatable bonds is 4. The second-order valence-electron chi connectivity index (χ2n) is 3.06. The summed E-state index contributed by atoms with van der Waals surface area (Å²) in [7, 11) is 0. The number of non-ortho nitro benzene ring substituents is 1. The summed E-state index contributed by atoms with van der Waals surface area (Å²) in [6.07, 6.45) is 1.24. The van der Waals surface area contributed by atoms with Crippen LogP contribution in [-0.2, 0) is 9.53 Å². The lowest BCUT2D eigenvalue weighted by molar-refractivity contribution is -0.384. The van der Waals surface area contributed by atoms with Crippen molar-refractivity contribution in [2.24, 2.45) is 0 Å². The highest BCUT2D eigenvalue weighted by molar-refractivity contribution is 5.97. The standard InChI is InChI=1S/C11H9NO5/c1-2-3-10(13)17-11(14)8-4-6-9(7-5-8)12(15)16/h2,4-7H,1,3H2. The second-order valence-corrected chi connectivity index (χ2v) is 3.06. The summed E-state index contributed by atoms with van der Waals surface area (Å²) in [6.45, 7) is 3.32. The van der Waals surface area contributed by atoms with Crippen molar-refractivity contribution in [3.63, 3.8) is 0 Å². The number of nitrogens with zero attached hydrogens (tertiary/aromatic N) is 1. The van der Waals surface area contributed by atoms with Crippen molar-refractivity contribution in [2.75, 3.05) is 0 Å². The molecule has 6 nitrogen and oxygen atoms in total. The van der Waals surface area contributed by atoms with E-state index < -0.39 is 16.9 Å². The highest BCUT2D eigenvalue weighted by Crippen LogP contribution is 2.12. The Morgan fingerprint density at radius 2 is 1.94 bits per heavy atom. The topological polar surface area (TPSA) is 86.5 Å². The van der Waals surface area contributed by atoms with E-state index in [-0.39, 0.29) is 17.7 Å². The molecule has 1 rings (SSSR count). The zero-order valence-corrected chi connectivity index (χ0v) is 8.79. The molecule has 0 saturated carbocycles. The average molecular weight is 235 g/mol. The van der Waals surface area contributed by atoms with Crippen LogP contribution in [-0.4, -0.2) is 16.9 Å². The first kappa shape index (κ1) is 12.6. The van der Waals surface area contributed by atoms with Gasteiger partial charge < -0.3 is 4.74 Å². The molecule has 17 heavy (non-hydrogen) atoms. The minimum absolute atomic E-state index is 0.0707. The van der Waals surface area contributed by atoms with E-state index in [1.807, 2.05) is 0 Å². The van der Waals surface area contributed by atoms with Crippen LogP contribution < -0.4 is 0 Å². The normalized spacial score (nSPS) is 9.41. The molecule has 0 fully saturated rings. The molecule has 0 aliphatic rings. The third-order valence-electron chi connectivity index (χ3n) is 1.83. The number of carbonyl (C=O) groups is 2. The molecule has 0 heterocycles. The maximum absolute atomic E-state index is 11.4. The van der Waals surface area contributed by atoms with Gasteiger partial charge in [-0.3, -0.25) is 14.9 Å². The Morgan fingerprint density at radius 1 is 1.35 bits per heavy atom. The van der Waals surface area contributed by atoms with Gasteiger partial charge in [0.1, 0.15) is 0 Å². The molecule has 0 radical (unpaired) electrons. The Bertz CT molecular complexity index is 463. The molecular weight excluding hydrogens is 226 g/mol. The number of nitro groups is 1. The van der Waals surface area contributed by atoms with Gasteiger partial charge in [0.15, 0.2) is 0 Å². The van der Waals surface area contributed by atoms with Crippen LogP contribution in [0.1, 0.15) is 16.8 Å². The quantitative estimate of drug-likeness (QED) is 0.261. The lowest BCUT2D eigenvalue weighted by Gasteiger charge is -2.00. The van der Waals surface area contributed by atoms with Crippen molar-refractivity contribution < 1.29 is 19.2 Å². The monoisotopic (exact) mass is 235 g/mol. The number of hydrogen-bond donors (Lipinski definition) is 0. The largest absolute Gasteiger partial charge is 0.389 e. The minimum Gasteiger partial charge on any atom is -0.389 e. The molecule has 1 aromatic carbocycles. The molecule has 0 saturated heterocycles. The Balaban J connectivity index is 2.73. The van der Waals surface area contributed by atoms with E-state index in [1.165, 1.54) is 18.2 Å². The van der Waals surface area contributed by atoms with Crippen LogP contribution in [0, 0.1) is 10.1 Å². The maximum Gasteiger partial charge on any atom is 0.345 e. The molecule has 0 N–H and O–H groups in total. The summed E-state index contributed by atoms with van der Waals surface area (Å²) in [6, 6.07) is 4.77. The van der Waals surface area contributed by atoms with Gasteiger partial charge >= 0.3 is 11.9 Å². The van der Waals surface area contributed by atoms with Crippen molar-refractivity contribution in [1.82, 2.24) is 0 Å². The van der Waals surface area contributed by atoms with Gasteiger partial charge in [-0.15, -0.1) is 6.58 Å². The fraction of sp³-hybridized carbons (Fsp3) is 0.0909. The molecule has 0 amide bonds. The number of nitro benzene ring substituents is 1. The summed E-state index contributed by atoms with van der Waals surface area (Å²) in [4.78, 5) is 32.1. The van der Waals surface area contributed by atoms with Gasteiger partial charge in [-0.05, 0) is 12.1 Å². The molecule has 88 valence electrons. The number of ether oxygens (including phenoxy) is 1. The third-order valence-corrected chi connectivity index (χ3v) is 1.83. The Kier molecular flexibility index (Phi) is 4.10. The fourth-order valence-corrected chi connectivity index (χ4v) is 1.04. The van der Waals surface area contributed by atoms with Crippen LogP contribution in [0.5, 0.6) is 0 Å². The minimum atomic E-state index is -0.841. The summed E-state index contributed by atoms with van der Waals surface area (Å²) in [5.74, 6) is -1.56. The van der Waals surface area contributed by atoms with Crippen LogP contribution in [0.25, 0.3) is 0 Å². The van der Waals surface area contributed by atoms with Crippen LogP contribution >= 0.6 is 0 Å². The maximum atomic E-state index is 11.4. The van der Waals surface area contributed by atoms with Crippen molar-refractivity contribution in [3.8, 4) is 0 Å². The molecule has 0 unspecified atom stereocenters. The van der Waals surface area contributed by atoms with E-state index in [1.54, 1.807) is 0 Å². The molecule has 1 aromatic rings. The van der Waals surface area contributed by atoms with E-state index in [4.69, 9.17) is 0 Å². The van der Waals surface area contributed by atoms with Crippen LogP contribution in [0.2, 0.25) is 0 Å². The molecule has 0 atom stereocenters. The van der Waals surface area contributed by atoms with Crippen molar-refractivity contribution >= 4 is 17.6 Å². The van der Waals surface area contributed by atoms with Crippen molar-refractivity contribution in [3.05, 3.63) is 52.6 Å². The number of carbonyl (C=O) groups excluding carboxylic acids is 2. The van der Waals surface area contributed by atoms with Crippen molar-refractivity contribution in [2.45, 2.75) is 6.42 Å². The number of benzene rings is 1. The zero-order valence-electron chi connectivity index (χ0n) is 8.79. The average Bonchev–Trinajstić information content (AvgIpc) is 2.29. The van der Waals surface area contributed by atoms with E-state index in [9.17, 15) is 19.7 Å². The Morgan fingerprint density at radius 3 is 2.41 bits per heavy atom. The molecule has 6 heteroatoms. The zero-order chi connectivity index (χ0) is 12.8. The summed E-state index contributed by atoms with van der Waals surface area (Å²) in [5, 5.41) is 10.4. The van der Waals surface area contributed by atoms with E-state index >= 15 is 0 Å². The van der Waals surface area contributed by atoms with Crippen LogP contribution in [0.15, 0.2) is 36.9 Å². The van der Waals surface area contributed by atoms with Gasteiger partial charge in [-0.1, -0.05) is 6.08 Å². The van der Waals surface area contributed by atoms with Crippen LogP contribution in [0.4, 0.5) is 5.69 Å². The first-order valence-corrected chi connectivity index (χ1v) is 4.65.